The van der Waals surface area contributed by atoms with Crippen molar-refractivity contribution in [2.24, 2.45) is 5.92 Å². The number of nitrogens with one attached hydrogen (secondary N) is 2. The molecule has 8 heteroatoms. The molecule has 0 aromatic heterocycles. The van der Waals surface area contributed by atoms with Gasteiger partial charge in [-0.25, -0.2) is 4.79 Å². The number of benzene rings is 2. The third-order valence-electron chi connectivity index (χ3n) is 8.40. The highest BCUT2D eigenvalue weighted by molar-refractivity contribution is 6.07. The minimum atomic E-state index is -1.18. The Hall–Kier alpha value is -3.91. The first kappa shape index (κ1) is 26.3. The number of hydrogen-bond donors (Lipinski definition) is 2. The molecule has 208 valence electrons. The summed E-state index contributed by atoms with van der Waals surface area (Å²) in [7, 11) is 1.33. The van der Waals surface area contributed by atoms with Crippen LogP contribution in [-0.4, -0.2) is 66.7 Å². The minimum absolute atomic E-state index is 0.0798. The van der Waals surface area contributed by atoms with Gasteiger partial charge in [0.25, 0.3) is 5.91 Å². The Morgan fingerprint density at radius 2 is 1.68 bits per heavy atom. The Morgan fingerprint density at radius 1 is 1.00 bits per heavy atom. The molecule has 0 spiro atoms. The summed E-state index contributed by atoms with van der Waals surface area (Å²) in [5, 5.41) is 6.72. The molecule has 40 heavy (non-hydrogen) atoms. The van der Waals surface area contributed by atoms with E-state index in [4.69, 9.17) is 9.47 Å². The summed E-state index contributed by atoms with van der Waals surface area (Å²) in [4.78, 5) is 41.5. The number of carbonyl (C=O) groups excluding carboxylic acids is 3. The van der Waals surface area contributed by atoms with Gasteiger partial charge in [-0.15, -0.1) is 0 Å². The molecule has 1 saturated heterocycles. The predicted octanol–water partition coefficient (Wildman–Crippen LogP) is 3.40. The predicted molar refractivity (Wildman–Crippen MR) is 150 cm³/mol. The number of methoxy groups -OCH3 is 1. The van der Waals surface area contributed by atoms with Crippen molar-refractivity contribution in [2.75, 3.05) is 25.5 Å². The molecule has 2 amide bonds. The topological polar surface area (TPSA) is 97.0 Å². The van der Waals surface area contributed by atoms with Gasteiger partial charge in [-0.1, -0.05) is 54.6 Å². The van der Waals surface area contributed by atoms with E-state index in [9.17, 15) is 14.4 Å². The largest absolute Gasteiger partial charge is 0.466 e. The number of amides is 2. The Kier molecular flexibility index (Phi) is 7.19. The van der Waals surface area contributed by atoms with Crippen LogP contribution in [0.4, 0.5) is 5.69 Å². The van der Waals surface area contributed by atoms with Crippen LogP contribution in [0.25, 0.3) is 0 Å². The van der Waals surface area contributed by atoms with Gasteiger partial charge in [-0.2, -0.15) is 0 Å². The molecule has 3 heterocycles. The molecule has 3 unspecified atom stereocenters. The zero-order chi connectivity index (χ0) is 27.7. The molecule has 1 aliphatic carbocycles. The number of esters is 1. The Bertz CT molecular complexity index is 1290. The zero-order valence-corrected chi connectivity index (χ0v) is 22.7. The van der Waals surface area contributed by atoms with Gasteiger partial charge in [-0.05, 0) is 55.9 Å². The lowest BCUT2D eigenvalue weighted by Crippen LogP contribution is -2.50. The number of para-hydroxylation sites is 1. The molecule has 1 saturated carbocycles. The number of hydrogen-bond acceptors (Lipinski definition) is 6. The van der Waals surface area contributed by atoms with E-state index < -0.39 is 23.7 Å². The molecule has 2 fully saturated rings. The highest BCUT2D eigenvalue weighted by Gasteiger charge is 2.58. The quantitative estimate of drug-likeness (QED) is 0.373. The first-order valence-electron chi connectivity index (χ1n) is 14.1. The third kappa shape index (κ3) is 5.04. The fraction of sp³-hybridized carbons (Fsp3) is 0.406. The lowest BCUT2D eigenvalue weighted by atomic mass is 9.78. The van der Waals surface area contributed by atoms with Gasteiger partial charge < -0.3 is 25.0 Å². The summed E-state index contributed by atoms with van der Waals surface area (Å²) in [6.45, 7) is 1.26. The number of likely N-dealkylation sites (tertiary alicyclic amines) is 1. The number of piperidine rings is 1. The van der Waals surface area contributed by atoms with Crippen LogP contribution < -0.4 is 10.6 Å². The van der Waals surface area contributed by atoms with Gasteiger partial charge in [0, 0.05) is 30.7 Å². The van der Waals surface area contributed by atoms with Crippen molar-refractivity contribution >= 4 is 23.5 Å². The average Bonchev–Trinajstić information content (AvgIpc) is 3.67. The van der Waals surface area contributed by atoms with Gasteiger partial charge in [0.05, 0.1) is 24.3 Å². The van der Waals surface area contributed by atoms with E-state index in [1.165, 1.54) is 7.11 Å². The number of rotatable bonds is 9. The van der Waals surface area contributed by atoms with Crippen molar-refractivity contribution in [1.82, 2.24) is 10.2 Å². The maximum Gasteiger partial charge on any atom is 0.337 e. The van der Waals surface area contributed by atoms with Crippen LogP contribution in [0, 0.1) is 5.92 Å². The van der Waals surface area contributed by atoms with E-state index in [1.807, 2.05) is 77.7 Å². The van der Waals surface area contributed by atoms with Crippen molar-refractivity contribution < 1.29 is 23.9 Å². The summed E-state index contributed by atoms with van der Waals surface area (Å²) in [5.74, 6) is -0.456. The summed E-state index contributed by atoms with van der Waals surface area (Å²) in [5.41, 5.74) is 1.31. The molecule has 6 rings (SSSR count). The van der Waals surface area contributed by atoms with Crippen LogP contribution >= 0.6 is 0 Å². The number of anilines is 1. The molecular weight excluding hydrogens is 506 g/mol. The number of carbonyl (C=O) groups is 3. The van der Waals surface area contributed by atoms with Crippen molar-refractivity contribution in [3.8, 4) is 0 Å². The van der Waals surface area contributed by atoms with E-state index in [1.54, 1.807) is 0 Å². The van der Waals surface area contributed by atoms with E-state index in [-0.39, 0.29) is 29.3 Å². The van der Waals surface area contributed by atoms with E-state index in [2.05, 4.69) is 10.6 Å². The molecule has 3 atom stereocenters. The standard InChI is InChI=1S/C32H35N3O5/c1-39-31(38)28-27(29(36)34-24-15-18-35(19-16-24)30(37)22-12-13-22)25-14-17-32(28,40-25)26(20-21-8-4-2-5-9-21)33-23-10-6-3-7-11-23/h2-11,14,17,22,24-26,33H,12-13,15-16,18-20H2,1H3,(H,34,36). The second-order valence-corrected chi connectivity index (χ2v) is 11.1. The molecule has 4 aliphatic rings. The van der Waals surface area contributed by atoms with Crippen molar-refractivity contribution in [1.29, 1.82) is 0 Å². The molecule has 2 N–H and O–H groups in total. The Labute approximate surface area is 234 Å². The zero-order valence-electron chi connectivity index (χ0n) is 22.7. The molecule has 8 nitrogen and oxygen atoms in total. The van der Waals surface area contributed by atoms with Crippen LogP contribution in [0.5, 0.6) is 0 Å². The first-order chi connectivity index (χ1) is 19.5. The second kappa shape index (κ2) is 10.9. The molecule has 2 aromatic rings. The third-order valence-corrected chi connectivity index (χ3v) is 8.40. The van der Waals surface area contributed by atoms with Crippen molar-refractivity contribution in [3.05, 3.63) is 89.5 Å². The summed E-state index contributed by atoms with van der Waals surface area (Å²) in [6.07, 6.45) is 7.00. The van der Waals surface area contributed by atoms with Gasteiger partial charge in [0.15, 0.2) is 0 Å². The lowest BCUT2D eigenvalue weighted by molar-refractivity contribution is -0.138. The SMILES string of the molecule is COC(=O)C1=C(C(=O)NC2CCN(C(=O)C3CC3)CC2)C2C=CC1(C(Cc1ccccc1)Nc1ccccc1)O2. The summed E-state index contributed by atoms with van der Waals surface area (Å²) in [6, 6.07) is 19.3. The van der Waals surface area contributed by atoms with E-state index >= 15 is 0 Å². The average molecular weight is 542 g/mol. The van der Waals surface area contributed by atoms with E-state index in [0.717, 1.165) is 24.1 Å². The Morgan fingerprint density at radius 3 is 2.33 bits per heavy atom. The smallest absolute Gasteiger partial charge is 0.337 e. The Balaban J connectivity index is 1.27. The molecule has 3 aliphatic heterocycles. The number of ether oxygens (including phenoxy) is 2. The van der Waals surface area contributed by atoms with Gasteiger partial charge >= 0.3 is 5.97 Å². The van der Waals surface area contributed by atoms with Gasteiger partial charge in [0.2, 0.25) is 5.91 Å². The lowest BCUT2D eigenvalue weighted by Gasteiger charge is -2.36. The minimum Gasteiger partial charge on any atom is -0.466 e. The fourth-order valence-electron chi connectivity index (χ4n) is 6.15. The maximum absolute atomic E-state index is 13.8. The molecular formula is C32H35N3O5. The van der Waals surface area contributed by atoms with E-state index in [0.29, 0.717) is 37.9 Å². The van der Waals surface area contributed by atoms with Crippen LogP contribution in [0.2, 0.25) is 0 Å². The van der Waals surface area contributed by atoms with Crippen molar-refractivity contribution in [3.63, 3.8) is 0 Å². The van der Waals surface area contributed by atoms with Crippen LogP contribution in [0.3, 0.4) is 0 Å². The number of nitrogens with zero attached hydrogens (tertiary/aromatic N) is 1. The van der Waals surface area contributed by atoms with Crippen LogP contribution in [0.15, 0.2) is 84.0 Å². The van der Waals surface area contributed by atoms with Gasteiger partial charge in [0.1, 0.15) is 11.7 Å². The normalized spacial score (nSPS) is 24.6. The highest BCUT2D eigenvalue weighted by atomic mass is 16.5. The maximum atomic E-state index is 13.8. The monoisotopic (exact) mass is 541 g/mol. The van der Waals surface area contributed by atoms with Crippen LogP contribution in [-0.2, 0) is 30.3 Å². The van der Waals surface area contributed by atoms with Crippen LogP contribution in [0.1, 0.15) is 31.2 Å². The van der Waals surface area contributed by atoms with Crippen molar-refractivity contribution in [2.45, 2.75) is 55.9 Å². The number of fused-ring (bicyclic) bond motifs is 2. The first-order valence-corrected chi connectivity index (χ1v) is 14.1. The fourth-order valence-corrected chi connectivity index (χ4v) is 6.15. The molecule has 2 bridgehead atoms. The summed E-state index contributed by atoms with van der Waals surface area (Å²) < 4.78 is 11.8. The summed E-state index contributed by atoms with van der Waals surface area (Å²) >= 11 is 0. The molecule has 2 aromatic carbocycles. The molecule has 0 radical (unpaired) electrons. The highest BCUT2D eigenvalue weighted by Crippen LogP contribution is 2.47. The van der Waals surface area contributed by atoms with Gasteiger partial charge in [-0.3, -0.25) is 9.59 Å². The second-order valence-electron chi connectivity index (χ2n) is 11.1.